The van der Waals surface area contributed by atoms with Gasteiger partial charge in [-0.15, -0.1) is 0 Å². The minimum atomic E-state index is -0.142. The van der Waals surface area contributed by atoms with Gasteiger partial charge in [-0.2, -0.15) is 0 Å². The number of aryl methyl sites for hydroxylation is 2. The third-order valence-corrected chi connectivity index (χ3v) is 6.14. The molecule has 0 amide bonds. The van der Waals surface area contributed by atoms with E-state index < -0.39 is 0 Å². The van der Waals surface area contributed by atoms with E-state index in [2.05, 4.69) is 19.1 Å². The molecule has 0 atom stereocenters. The number of benzene rings is 3. The Hall–Kier alpha value is -4.18. The molecule has 5 aromatic rings. The van der Waals surface area contributed by atoms with E-state index >= 15 is 0 Å². The van der Waals surface area contributed by atoms with Crippen molar-refractivity contribution in [2.24, 2.45) is 0 Å². The monoisotopic (exact) mass is 431 g/mol. The highest BCUT2D eigenvalue weighted by atomic mass is 16.5. The summed E-state index contributed by atoms with van der Waals surface area (Å²) in [6.45, 7) is 4.49. The van der Waals surface area contributed by atoms with Crippen LogP contribution < -0.4 is 4.74 Å². The molecule has 0 saturated heterocycles. The number of hydrogen-bond donors (Lipinski definition) is 0. The number of nitrogens with zero attached hydrogens (tertiary/aromatic N) is 1. The highest BCUT2D eigenvalue weighted by molar-refractivity contribution is 6.15. The summed E-state index contributed by atoms with van der Waals surface area (Å²) in [6, 6.07) is 23.5. The molecule has 33 heavy (non-hydrogen) atoms. The fraction of sp³-hybridized carbons (Fsp3) is 0.103. The fourth-order valence-corrected chi connectivity index (χ4v) is 4.44. The first-order chi connectivity index (χ1) is 16.1. The summed E-state index contributed by atoms with van der Waals surface area (Å²) < 4.78 is 12.1. The molecule has 4 nitrogen and oxygen atoms in total. The molecular formula is C29H21NO3. The van der Waals surface area contributed by atoms with Crippen LogP contribution in [0.3, 0.4) is 0 Å². The summed E-state index contributed by atoms with van der Waals surface area (Å²) in [5, 5.41) is 0.891. The van der Waals surface area contributed by atoms with Gasteiger partial charge in [0, 0.05) is 39.4 Å². The van der Waals surface area contributed by atoms with Crippen molar-refractivity contribution in [1.82, 2.24) is 4.98 Å². The summed E-state index contributed by atoms with van der Waals surface area (Å²) in [4.78, 5) is 18.3. The van der Waals surface area contributed by atoms with Gasteiger partial charge in [-0.05, 0) is 38.1 Å². The topological polar surface area (TPSA) is 52.3 Å². The third kappa shape index (κ3) is 3.23. The Bertz CT molecular complexity index is 1540. The smallest absolute Gasteiger partial charge is 0.228 e. The molecule has 1 aliphatic rings. The lowest BCUT2D eigenvalue weighted by atomic mass is 9.95. The van der Waals surface area contributed by atoms with Crippen molar-refractivity contribution >= 4 is 16.8 Å². The Morgan fingerprint density at radius 2 is 1.70 bits per heavy atom. The van der Waals surface area contributed by atoms with Crippen molar-refractivity contribution in [3.8, 4) is 28.1 Å². The van der Waals surface area contributed by atoms with Crippen molar-refractivity contribution < 1.29 is 13.9 Å². The average Bonchev–Trinajstić information content (AvgIpc) is 3.23. The van der Waals surface area contributed by atoms with Crippen molar-refractivity contribution in [2.75, 3.05) is 0 Å². The number of furan rings is 1. The summed E-state index contributed by atoms with van der Waals surface area (Å²) >= 11 is 0. The van der Waals surface area contributed by atoms with E-state index in [9.17, 15) is 4.79 Å². The normalized spacial score (nSPS) is 12.2. The molecule has 3 aromatic carbocycles. The van der Waals surface area contributed by atoms with Crippen LogP contribution >= 0.6 is 0 Å². The SMILES string of the molecule is Cc1ccc(C(=O)c2oc3ccccc3c2-c2cnc3c(c2)COc2ccc(C)cc2-3)cc1. The minimum Gasteiger partial charge on any atom is -0.488 e. The van der Waals surface area contributed by atoms with Crippen LogP contribution in [0.4, 0.5) is 0 Å². The molecule has 0 aliphatic carbocycles. The number of fused-ring (bicyclic) bond motifs is 4. The molecule has 0 radical (unpaired) electrons. The van der Waals surface area contributed by atoms with E-state index in [0.717, 1.165) is 50.2 Å². The van der Waals surface area contributed by atoms with Crippen LogP contribution in [0.1, 0.15) is 32.8 Å². The molecule has 0 fully saturated rings. The molecule has 4 heteroatoms. The molecular weight excluding hydrogens is 410 g/mol. The van der Waals surface area contributed by atoms with E-state index in [4.69, 9.17) is 14.1 Å². The molecule has 2 aromatic heterocycles. The van der Waals surface area contributed by atoms with Crippen LogP contribution in [0.15, 0.2) is 83.4 Å². The number of aromatic nitrogens is 1. The molecule has 0 N–H and O–H groups in total. The van der Waals surface area contributed by atoms with Gasteiger partial charge in [-0.3, -0.25) is 9.78 Å². The van der Waals surface area contributed by atoms with Gasteiger partial charge >= 0.3 is 0 Å². The largest absolute Gasteiger partial charge is 0.488 e. The third-order valence-electron chi connectivity index (χ3n) is 6.14. The number of hydrogen-bond acceptors (Lipinski definition) is 4. The average molecular weight is 431 g/mol. The van der Waals surface area contributed by atoms with Gasteiger partial charge in [0.2, 0.25) is 5.78 Å². The Morgan fingerprint density at radius 3 is 2.55 bits per heavy atom. The van der Waals surface area contributed by atoms with Crippen LogP contribution in [-0.2, 0) is 6.61 Å². The zero-order valence-electron chi connectivity index (χ0n) is 18.4. The Balaban J connectivity index is 1.53. The van der Waals surface area contributed by atoms with Gasteiger partial charge in [-0.1, -0.05) is 59.7 Å². The first kappa shape index (κ1) is 19.5. The predicted octanol–water partition coefficient (Wildman–Crippen LogP) is 6.90. The quantitative estimate of drug-likeness (QED) is 0.292. The highest BCUT2D eigenvalue weighted by Gasteiger charge is 2.25. The van der Waals surface area contributed by atoms with Gasteiger partial charge in [-0.25, -0.2) is 0 Å². The molecule has 0 spiro atoms. The lowest BCUT2D eigenvalue weighted by Gasteiger charge is -2.21. The number of ether oxygens (including phenoxy) is 1. The van der Waals surface area contributed by atoms with Gasteiger partial charge in [0.25, 0.3) is 0 Å². The second-order valence-electron chi connectivity index (χ2n) is 8.52. The van der Waals surface area contributed by atoms with Gasteiger partial charge in [0.05, 0.1) is 5.69 Å². The summed E-state index contributed by atoms with van der Waals surface area (Å²) in [5.74, 6) is 1.03. The summed E-state index contributed by atoms with van der Waals surface area (Å²) in [7, 11) is 0. The maximum Gasteiger partial charge on any atom is 0.228 e. The zero-order chi connectivity index (χ0) is 22.5. The Morgan fingerprint density at radius 1 is 0.909 bits per heavy atom. The van der Waals surface area contributed by atoms with Crippen molar-refractivity contribution in [2.45, 2.75) is 20.5 Å². The van der Waals surface area contributed by atoms with E-state index in [1.807, 2.05) is 73.8 Å². The number of carbonyl (C=O) groups excluding carboxylic acids is 1. The second kappa shape index (κ2) is 7.45. The van der Waals surface area contributed by atoms with E-state index in [1.165, 1.54) is 0 Å². The number of carbonyl (C=O) groups is 1. The van der Waals surface area contributed by atoms with Crippen LogP contribution in [0.25, 0.3) is 33.4 Å². The zero-order valence-corrected chi connectivity index (χ0v) is 18.4. The lowest BCUT2D eigenvalue weighted by molar-refractivity contribution is 0.101. The van der Waals surface area contributed by atoms with Crippen LogP contribution in [-0.4, -0.2) is 10.8 Å². The standard InChI is InChI=1S/C29H21NO3/c1-17-7-10-19(11-8-17)28(31)29-26(22-5-3-4-6-25(22)33-29)20-14-21-16-32-24-12-9-18(2)13-23(24)27(21)30-15-20/h3-15H,16H2,1-2H3. The fourth-order valence-electron chi connectivity index (χ4n) is 4.44. The van der Waals surface area contributed by atoms with Crippen molar-refractivity contribution in [3.63, 3.8) is 0 Å². The van der Waals surface area contributed by atoms with Crippen LogP contribution in [0.2, 0.25) is 0 Å². The van der Waals surface area contributed by atoms with E-state index in [-0.39, 0.29) is 5.78 Å². The molecule has 6 rings (SSSR count). The minimum absolute atomic E-state index is 0.142. The second-order valence-corrected chi connectivity index (χ2v) is 8.52. The van der Waals surface area contributed by atoms with Crippen molar-refractivity contribution in [1.29, 1.82) is 0 Å². The van der Waals surface area contributed by atoms with Crippen molar-refractivity contribution in [3.05, 3.63) is 107 Å². The molecule has 0 unspecified atom stereocenters. The lowest BCUT2D eigenvalue weighted by Crippen LogP contribution is -2.08. The van der Waals surface area contributed by atoms with Gasteiger partial charge in [0.15, 0.2) is 5.76 Å². The number of pyridine rings is 1. The van der Waals surface area contributed by atoms with E-state index in [0.29, 0.717) is 23.5 Å². The molecule has 160 valence electrons. The number of para-hydroxylation sites is 1. The molecule has 0 saturated carbocycles. The first-order valence-electron chi connectivity index (χ1n) is 10.9. The maximum atomic E-state index is 13.5. The first-order valence-corrected chi connectivity index (χ1v) is 10.9. The predicted molar refractivity (Wildman–Crippen MR) is 129 cm³/mol. The van der Waals surface area contributed by atoms with Crippen LogP contribution in [0.5, 0.6) is 5.75 Å². The summed E-state index contributed by atoms with van der Waals surface area (Å²) in [6.07, 6.45) is 1.83. The summed E-state index contributed by atoms with van der Waals surface area (Å²) in [5.41, 5.74) is 8.05. The maximum absolute atomic E-state index is 13.5. The Labute approximate surface area is 191 Å². The number of ketones is 1. The molecule has 1 aliphatic heterocycles. The molecule has 0 bridgehead atoms. The van der Waals surface area contributed by atoms with Gasteiger partial charge in [0.1, 0.15) is 17.9 Å². The highest BCUT2D eigenvalue weighted by Crippen LogP contribution is 2.41. The molecule has 3 heterocycles. The Kier molecular flexibility index (Phi) is 4.40. The van der Waals surface area contributed by atoms with E-state index in [1.54, 1.807) is 0 Å². The number of rotatable bonds is 3. The van der Waals surface area contributed by atoms with Crippen LogP contribution in [0, 0.1) is 13.8 Å². The van der Waals surface area contributed by atoms with Gasteiger partial charge < -0.3 is 9.15 Å².